The van der Waals surface area contributed by atoms with E-state index in [4.69, 9.17) is 6.42 Å². The Morgan fingerprint density at radius 3 is 2.93 bits per heavy atom. The summed E-state index contributed by atoms with van der Waals surface area (Å²) in [6.45, 7) is 0. The minimum Gasteiger partial charge on any atom is -0.340 e. The molecule has 0 amide bonds. The number of benzene rings is 2. The molecule has 0 saturated heterocycles. The highest BCUT2D eigenvalue weighted by atomic mass is 32.2. The van der Waals surface area contributed by atoms with Crippen molar-refractivity contribution in [3.8, 4) is 12.3 Å². The molecule has 136 valence electrons. The summed E-state index contributed by atoms with van der Waals surface area (Å²) in [6.07, 6.45) is 11.0. The van der Waals surface area contributed by atoms with Crippen molar-refractivity contribution in [3.05, 3.63) is 59.9 Å². The van der Waals surface area contributed by atoms with Crippen molar-refractivity contribution in [2.24, 2.45) is 0 Å². The van der Waals surface area contributed by atoms with Crippen LogP contribution in [0.3, 0.4) is 0 Å². The Bertz CT molecular complexity index is 994. The molecule has 4 nitrogen and oxygen atoms in total. The molecule has 0 atom stereocenters. The standard InChI is InChI=1S/C22H21N3OS/c1-3-16-6-4-7-18(12-16)25-22-20-14-17(9-10-21(20)23-15-24-22)13-19(26)8-5-11-27-2/h1,4,6-7,9-10,12,14-15H,5,8,11,13H2,2H3,(H,23,24,25). The van der Waals surface area contributed by atoms with E-state index >= 15 is 0 Å². The Balaban J connectivity index is 1.83. The van der Waals surface area contributed by atoms with Crippen molar-refractivity contribution >= 4 is 40.0 Å². The van der Waals surface area contributed by atoms with Crippen LogP contribution in [0.5, 0.6) is 0 Å². The summed E-state index contributed by atoms with van der Waals surface area (Å²) in [4.78, 5) is 20.9. The highest BCUT2D eigenvalue weighted by molar-refractivity contribution is 7.98. The van der Waals surface area contributed by atoms with Gasteiger partial charge in [-0.25, -0.2) is 9.97 Å². The third-order valence-electron chi connectivity index (χ3n) is 4.20. The van der Waals surface area contributed by atoms with Crippen molar-refractivity contribution < 1.29 is 4.79 Å². The molecule has 0 radical (unpaired) electrons. The van der Waals surface area contributed by atoms with Crippen LogP contribution < -0.4 is 5.32 Å². The summed E-state index contributed by atoms with van der Waals surface area (Å²) >= 11 is 1.77. The van der Waals surface area contributed by atoms with Gasteiger partial charge in [0, 0.05) is 29.5 Å². The number of nitrogens with one attached hydrogen (secondary N) is 1. The van der Waals surface area contributed by atoms with E-state index in [9.17, 15) is 4.79 Å². The average Bonchev–Trinajstić information content (AvgIpc) is 2.69. The first-order valence-electron chi connectivity index (χ1n) is 8.77. The van der Waals surface area contributed by atoms with Crippen molar-refractivity contribution in [2.75, 3.05) is 17.3 Å². The fraction of sp³-hybridized carbons (Fsp3) is 0.227. The van der Waals surface area contributed by atoms with E-state index in [1.54, 1.807) is 11.8 Å². The van der Waals surface area contributed by atoms with E-state index in [1.165, 1.54) is 6.33 Å². The lowest BCUT2D eigenvalue weighted by atomic mass is 10.0. The molecule has 0 fully saturated rings. The maximum atomic E-state index is 12.2. The van der Waals surface area contributed by atoms with E-state index in [2.05, 4.69) is 27.5 Å². The number of carbonyl (C=O) groups excluding carboxylic acids is 1. The molecule has 5 heteroatoms. The summed E-state index contributed by atoms with van der Waals surface area (Å²) in [6, 6.07) is 13.5. The van der Waals surface area contributed by atoms with Crippen molar-refractivity contribution in [1.82, 2.24) is 9.97 Å². The molecule has 1 N–H and O–H groups in total. The zero-order valence-corrected chi connectivity index (χ0v) is 16.1. The van der Waals surface area contributed by atoms with E-state index < -0.39 is 0 Å². The van der Waals surface area contributed by atoms with Crippen LogP contribution in [0.15, 0.2) is 48.8 Å². The lowest BCUT2D eigenvalue weighted by Crippen LogP contribution is -2.04. The quantitative estimate of drug-likeness (QED) is 0.460. The van der Waals surface area contributed by atoms with Crippen LogP contribution in [0.1, 0.15) is 24.0 Å². The number of carbonyl (C=O) groups is 1. The zero-order chi connectivity index (χ0) is 19.1. The molecular formula is C22H21N3OS. The van der Waals surface area contributed by atoms with Gasteiger partial charge in [-0.15, -0.1) is 6.42 Å². The molecule has 0 aliphatic carbocycles. The summed E-state index contributed by atoms with van der Waals surface area (Å²) in [5.41, 5.74) is 3.48. The number of thioether (sulfide) groups is 1. The lowest BCUT2D eigenvalue weighted by molar-refractivity contribution is -0.118. The minimum atomic E-state index is 0.261. The summed E-state index contributed by atoms with van der Waals surface area (Å²) in [5, 5.41) is 4.20. The van der Waals surface area contributed by atoms with Crippen LogP contribution in [0.2, 0.25) is 0 Å². The summed E-state index contributed by atoms with van der Waals surface area (Å²) < 4.78 is 0. The second kappa shape index (κ2) is 9.20. The molecule has 0 bridgehead atoms. The second-order valence-corrected chi connectivity index (χ2v) is 7.22. The highest BCUT2D eigenvalue weighted by Gasteiger charge is 2.09. The first-order chi connectivity index (χ1) is 13.2. The number of hydrogen-bond donors (Lipinski definition) is 1. The van der Waals surface area contributed by atoms with Gasteiger partial charge < -0.3 is 5.32 Å². The number of ketones is 1. The van der Waals surface area contributed by atoms with Gasteiger partial charge in [0.25, 0.3) is 0 Å². The normalized spacial score (nSPS) is 10.5. The van der Waals surface area contributed by atoms with Gasteiger partial charge in [0.15, 0.2) is 0 Å². The van der Waals surface area contributed by atoms with Crippen LogP contribution in [0.4, 0.5) is 11.5 Å². The molecule has 27 heavy (non-hydrogen) atoms. The molecule has 0 saturated carbocycles. The van der Waals surface area contributed by atoms with E-state index in [-0.39, 0.29) is 5.78 Å². The van der Waals surface area contributed by atoms with Gasteiger partial charge in [-0.3, -0.25) is 4.79 Å². The monoisotopic (exact) mass is 375 g/mol. The highest BCUT2D eigenvalue weighted by Crippen LogP contribution is 2.25. The number of fused-ring (bicyclic) bond motifs is 1. The van der Waals surface area contributed by atoms with E-state index in [0.29, 0.717) is 18.7 Å². The molecule has 0 aliphatic rings. The summed E-state index contributed by atoms with van der Waals surface area (Å²) in [7, 11) is 0. The van der Waals surface area contributed by atoms with Crippen LogP contribution in [-0.4, -0.2) is 27.8 Å². The number of hydrogen-bond acceptors (Lipinski definition) is 5. The molecule has 2 aromatic carbocycles. The Hall–Kier alpha value is -2.84. The number of nitrogens with zero attached hydrogens (tertiary/aromatic N) is 2. The van der Waals surface area contributed by atoms with E-state index in [1.807, 2.05) is 42.5 Å². The average molecular weight is 375 g/mol. The maximum absolute atomic E-state index is 12.2. The lowest BCUT2D eigenvalue weighted by Gasteiger charge is -2.10. The van der Waals surface area contributed by atoms with Gasteiger partial charge in [-0.05, 0) is 54.3 Å². The van der Waals surface area contributed by atoms with E-state index in [0.717, 1.165) is 39.9 Å². The van der Waals surface area contributed by atoms with Gasteiger partial charge >= 0.3 is 0 Å². The number of Topliss-reactive ketones (excluding diaryl/α,β-unsaturated/α-hetero) is 1. The fourth-order valence-electron chi connectivity index (χ4n) is 2.87. The predicted octanol–water partition coefficient (Wildman–Crippen LogP) is 4.61. The second-order valence-electron chi connectivity index (χ2n) is 6.24. The predicted molar refractivity (Wildman–Crippen MR) is 114 cm³/mol. The Morgan fingerprint density at radius 1 is 1.22 bits per heavy atom. The smallest absolute Gasteiger partial charge is 0.141 e. The third kappa shape index (κ3) is 5.08. The van der Waals surface area contributed by atoms with Gasteiger partial charge in [0.2, 0.25) is 0 Å². The summed E-state index contributed by atoms with van der Waals surface area (Å²) in [5.74, 6) is 4.61. The number of terminal acetylenes is 1. The molecule has 0 unspecified atom stereocenters. The van der Waals surface area contributed by atoms with Crippen LogP contribution in [0.25, 0.3) is 10.9 Å². The molecule has 3 rings (SSSR count). The van der Waals surface area contributed by atoms with Gasteiger partial charge in [0.05, 0.1) is 5.52 Å². The molecule has 1 heterocycles. The maximum Gasteiger partial charge on any atom is 0.141 e. The first-order valence-corrected chi connectivity index (χ1v) is 10.2. The molecule has 0 spiro atoms. The van der Waals surface area contributed by atoms with Crippen LogP contribution in [-0.2, 0) is 11.2 Å². The van der Waals surface area contributed by atoms with Gasteiger partial charge in [-0.2, -0.15) is 11.8 Å². The minimum absolute atomic E-state index is 0.261. The van der Waals surface area contributed by atoms with Gasteiger partial charge in [0.1, 0.15) is 17.9 Å². The number of anilines is 2. The molecular weight excluding hydrogens is 354 g/mol. The molecule has 1 aromatic heterocycles. The zero-order valence-electron chi connectivity index (χ0n) is 15.2. The Morgan fingerprint density at radius 2 is 2.11 bits per heavy atom. The third-order valence-corrected chi connectivity index (χ3v) is 4.89. The SMILES string of the molecule is C#Cc1cccc(Nc2ncnc3ccc(CC(=O)CCCSC)cc23)c1. The molecule has 0 aliphatic heterocycles. The Kier molecular flexibility index (Phi) is 6.45. The van der Waals surface area contributed by atoms with Crippen LogP contribution >= 0.6 is 11.8 Å². The van der Waals surface area contributed by atoms with Crippen molar-refractivity contribution in [2.45, 2.75) is 19.3 Å². The largest absolute Gasteiger partial charge is 0.340 e. The van der Waals surface area contributed by atoms with Crippen molar-refractivity contribution in [1.29, 1.82) is 0 Å². The van der Waals surface area contributed by atoms with Crippen molar-refractivity contribution in [3.63, 3.8) is 0 Å². The van der Waals surface area contributed by atoms with Crippen LogP contribution in [0, 0.1) is 12.3 Å². The number of rotatable bonds is 8. The molecule has 3 aromatic rings. The first kappa shape index (κ1) is 18.9. The fourth-order valence-corrected chi connectivity index (χ4v) is 3.30. The topological polar surface area (TPSA) is 54.9 Å². The van der Waals surface area contributed by atoms with Gasteiger partial charge in [-0.1, -0.05) is 18.1 Å². The number of aromatic nitrogens is 2. The Labute approximate surface area is 163 Å².